The molecular weight excluding hydrogens is 330 g/mol. The number of aromatic nitrogens is 1. The maximum absolute atomic E-state index is 12.6. The molecule has 0 saturated carbocycles. The van der Waals surface area contributed by atoms with E-state index in [1.165, 1.54) is 19.4 Å². The van der Waals surface area contributed by atoms with Crippen LogP contribution in [0.2, 0.25) is 0 Å². The highest BCUT2D eigenvalue weighted by Gasteiger charge is 2.27. The molecule has 1 aromatic carbocycles. The van der Waals surface area contributed by atoms with Gasteiger partial charge in [-0.2, -0.15) is 0 Å². The number of nitrogens with zero attached hydrogens (tertiary/aromatic N) is 2. The van der Waals surface area contributed by atoms with Gasteiger partial charge >= 0.3 is 0 Å². The van der Waals surface area contributed by atoms with E-state index in [1.807, 2.05) is 6.92 Å². The van der Waals surface area contributed by atoms with Crippen LogP contribution in [0.5, 0.6) is 5.75 Å². The molecule has 0 unspecified atom stereocenters. The Morgan fingerprint density at radius 1 is 1.25 bits per heavy atom. The zero-order chi connectivity index (χ0) is 17.3. The van der Waals surface area contributed by atoms with Gasteiger partial charge in [0, 0.05) is 25.8 Å². The fourth-order valence-electron chi connectivity index (χ4n) is 2.72. The lowest BCUT2D eigenvalue weighted by Crippen LogP contribution is -2.39. The Bertz CT molecular complexity index is 873. The molecule has 3 rings (SSSR count). The molecule has 0 fully saturated rings. The number of carbonyl (C=O) groups is 1. The van der Waals surface area contributed by atoms with Crippen LogP contribution in [0.4, 0.5) is 5.69 Å². The lowest BCUT2D eigenvalue weighted by atomic mass is 10.3. The van der Waals surface area contributed by atoms with Crippen LogP contribution in [0, 0.1) is 0 Å². The summed E-state index contributed by atoms with van der Waals surface area (Å²) in [7, 11) is -2.33. The highest BCUT2D eigenvalue weighted by molar-refractivity contribution is 7.92. The smallest absolute Gasteiger partial charge is 0.270 e. The first-order chi connectivity index (χ1) is 11.5. The molecule has 0 atom stereocenters. The van der Waals surface area contributed by atoms with Gasteiger partial charge in [-0.1, -0.05) is 12.1 Å². The summed E-state index contributed by atoms with van der Waals surface area (Å²) in [5, 5.41) is 0. The number of sulfonamides is 1. The molecule has 0 spiro atoms. The SMILES string of the molecule is CCN1CCn2cc(S(=O)(=O)Nc3ccccc3OC)cc2C1=O. The number of fused-ring (bicyclic) bond motifs is 1. The quantitative estimate of drug-likeness (QED) is 0.892. The van der Waals surface area contributed by atoms with E-state index in [0.29, 0.717) is 36.8 Å². The second-order valence-electron chi connectivity index (χ2n) is 5.45. The number of ether oxygens (including phenoxy) is 1. The van der Waals surface area contributed by atoms with Crippen molar-refractivity contribution in [3.8, 4) is 5.75 Å². The van der Waals surface area contributed by atoms with E-state index in [1.54, 1.807) is 33.7 Å². The zero-order valence-corrected chi connectivity index (χ0v) is 14.3. The number of hydrogen-bond donors (Lipinski definition) is 1. The fourth-order valence-corrected chi connectivity index (χ4v) is 3.83. The molecule has 1 aliphatic rings. The molecule has 7 nitrogen and oxygen atoms in total. The van der Waals surface area contributed by atoms with Crippen LogP contribution in [-0.2, 0) is 16.6 Å². The van der Waals surface area contributed by atoms with Gasteiger partial charge in [-0.25, -0.2) is 8.42 Å². The number of rotatable bonds is 5. The van der Waals surface area contributed by atoms with Crippen molar-refractivity contribution in [2.24, 2.45) is 0 Å². The number of anilines is 1. The number of nitrogens with one attached hydrogen (secondary N) is 1. The highest BCUT2D eigenvalue weighted by Crippen LogP contribution is 2.27. The van der Waals surface area contributed by atoms with Crippen molar-refractivity contribution in [3.63, 3.8) is 0 Å². The van der Waals surface area contributed by atoms with Crippen molar-refractivity contribution < 1.29 is 17.9 Å². The first-order valence-electron chi connectivity index (χ1n) is 7.61. The molecule has 8 heteroatoms. The average Bonchev–Trinajstić information content (AvgIpc) is 3.01. The standard InChI is InChI=1S/C16H19N3O4S/c1-3-18-8-9-19-11-12(10-14(19)16(18)20)24(21,22)17-13-6-4-5-7-15(13)23-2/h4-7,10-11,17H,3,8-9H2,1-2H3. The van der Waals surface area contributed by atoms with Crippen molar-refractivity contribution in [1.82, 2.24) is 9.47 Å². The zero-order valence-electron chi connectivity index (χ0n) is 13.5. The van der Waals surface area contributed by atoms with Gasteiger partial charge in [0.25, 0.3) is 15.9 Å². The lowest BCUT2D eigenvalue weighted by Gasteiger charge is -2.26. The summed E-state index contributed by atoms with van der Waals surface area (Å²) in [6, 6.07) is 8.18. The van der Waals surface area contributed by atoms with Crippen LogP contribution < -0.4 is 9.46 Å². The molecule has 1 N–H and O–H groups in total. The minimum atomic E-state index is -3.81. The monoisotopic (exact) mass is 349 g/mol. The van der Waals surface area contributed by atoms with E-state index in [9.17, 15) is 13.2 Å². The number of amides is 1. The molecule has 0 bridgehead atoms. The summed E-state index contributed by atoms with van der Waals surface area (Å²) >= 11 is 0. The topological polar surface area (TPSA) is 80.6 Å². The summed E-state index contributed by atoms with van der Waals surface area (Å²) in [5.41, 5.74) is 0.745. The molecule has 0 radical (unpaired) electrons. The summed E-state index contributed by atoms with van der Waals surface area (Å²) in [5.74, 6) is 0.278. The van der Waals surface area contributed by atoms with Gasteiger partial charge in [-0.3, -0.25) is 9.52 Å². The molecule has 1 amide bonds. The number of carbonyl (C=O) groups excluding carboxylic acids is 1. The second-order valence-corrected chi connectivity index (χ2v) is 7.13. The number of benzene rings is 1. The van der Waals surface area contributed by atoms with Crippen molar-refractivity contribution in [1.29, 1.82) is 0 Å². The minimum Gasteiger partial charge on any atom is -0.495 e. The first kappa shape index (κ1) is 16.4. The first-order valence-corrected chi connectivity index (χ1v) is 9.10. The highest BCUT2D eigenvalue weighted by atomic mass is 32.2. The maximum Gasteiger partial charge on any atom is 0.270 e. The van der Waals surface area contributed by atoms with Crippen molar-refractivity contribution in [3.05, 3.63) is 42.2 Å². The predicted molar refractivity (Wildman–Crippen MR) is 89.8 cm³/mol. The largest absolute Gasteiger partial charge is 0.495 e. The van der Waals surface area contributed by atoms with Crippen LogP contribution in [-0.4, -0.2) is 44.0 Å². The Hall–Kier alpha value is -2.48. The summed E-state index contributed by atoms with van der Waals surface area (Å²) in [4.78, 5) is 14.1. The third-order valence-electron chi connectivity index (χ3n) is 4.03. The Labute approximate surface area is 140 Å². The molecule has 0 aliphatic carbocycles. The van der Waals surface area contributed by atoms with E-state index in [0.717, 1.165) is 0 Å². The molecule has 0 saturated heterocycles. The van der Waals surface area contributed by atoms with Crippen molar-refractivity contribution in [2.75, 3.05) is 24.9 Å². The van der Waals surface area contributed by atoms with E-state index in [2.05, 4.69) is 4.72 Å². The molecule has 2 heterocycles. The van der Waals surface area contributed by atoms with Crippen LogP contribution in [0.3, 0.4) is 0 Å². The van der Waals surface area contributed by atoms with E-state index >= 15 is 0 Å². The third-order valence-corrected chi connectivity index (χ3v) is 5.36. The summed E-state index contributed by atoms with van der Waals surface area (Å²) < 4.78 is 34.6. The summed E-state index contributed by atoms with van der Waals surface area (Å²) in [6.45, 7) is 3.67. The van der Waals surface area contributed by atoms with Gasteiger partial charge in [0.2, 0.25) is 0 Å². The van der Waals surface area contributed by atoms with E-state index in [-0.39, 0.29) is 10.8 Å². The van der Waals surface area contributed by atoms with Gasteiger partial charge in [-0.15, -0.1) is 0 Å². The van der Waals surface area contributed by atoms with Gasteiger partial charge < -0.3 is 14.2 Å². The van der Waals surface area contributed by atoms with Crippen LogP contribution >= 0.6 is 0 Å². The fraction of sp³-hybridized carbons (Fsp3) is 0.312. The van der Waals surface area contributed by atoms with Crippen molar-refractivity contribution >= 4 is 21.6 Å². The van der Waals surface area contributed by atoms with Gasteiger partial charge in [0.05, 0.1) is 12.8 Å². The van der Waals surface area contributed by atoms with Crippen LogP contribution in [0.1, 0.15) is 17.4 Å². The normalized spacial score (nSPS) is 14.4. The van der Waals surface area contributed by atoms with Crippen LogP contribution in [0.25, 0.3) is 0 Å². The van der Waals surface area contributed by atoms with Crippen LogP contribution in [0.15, 0.2) is 41.4 Å². The van der Waals surface area contributed by atoms with Gasteiger partial charge in [0.15, 0.2) is 0 Å². The molecule has 1 aliphatic heterocycles. The van der Waals surface area contributed by atoms with Crippen molar-refractivity contribution in [2.45, 2.75) is 18.4 Å². The molecule has 128 valence electrons. The molecular formula is C16H19N3O4S. The number of hydrogen-bond acceptors (Lipinski definition) is 4. The Morgan fingerprint density at radius 3 is 2.71 bits per heavy atom. The minimum absolute atomic E-state index is 0.0645. The van der Waals surface area contributed by atoms with Gasteiger partial charge in [0.1, 0.15) is 16.3 Å². The third kappa shape index (κ3) is 2.84. The molecule has 1 aromatic heterocycles. The maximum atomic E-state index is 12.6. The van der Waals surface area contributed by atoms with Gasteiger partial charge in [-0.05, 0) is 25.1 Å². The number of para-hydroxylation sites is 2. The summed E-state index contributed by atoms with van der Waals surface area (Å²) in [6.07, 6.45) is 1.50. The number of methoxy groups -OCH3 is 1. The Morgan fingerprint density at radius 2 is 2.00 bits per heavy atom. The Balaban J connectivity index is 1.93. The second kappa shape index (κ2) is 6.20. The van der Waals surface area contributed by atoms with E-state index in [4.69, 9.17) is 4.74 Å². The molecule has 2 aromatic rings. The number of likely N-dealkylation sites (N-methyl/N-ethyl adjacent to an activating group) is 1. The Kier molecular flexibility index (Phi) is 4.23. The van der Waals surface area contributed by atoms with E-state index < -0.39 is 10.0 Å². The predicted octanol–water partition coefficient (Wildman–Crippen LogP) is 1.77. The lowest BCUT2D eigenvalue weighted by molar-refractivity contribution is 0.0715. The molecule has 24 heavy (non-hydrogen) atoms. The average molecular weight is 349 g/mol.